The van der Waals surface area contributed by atoms with E-state index in [1.54, 1.807) is 17.5 Å². The Balaban J connectivity index is 1.56. The summed E-state index contributed by atoms with van der Waals surface area (Å²) in [5.74, 6) is -1.41. The van der Waals surface area contributed by atoms with Crippen LogP contribution >= 0.6 is 11.3 Å². The molecule has 0 unspecified atom stereocenters. The predicted molar refractivity (Wildman–Crippen MR) is 101 cm³/mol. The number of hydrogen-bond donors (Lipinski definition) is 1. The molecule has 0 radical (unpaired) electrons. The van der Waals surface area contributed by atoms with Crippen molar-refractivity contribution < 1.29 is 18.7 Å². The molecule has 1 amide bonds. The highest BCUT2D eigenvalue weighted by Gasteiger charge is 2.21. The van der Waals surface area contributed by atoms with E-state index >= 15 is 0 Å². The second kappa shape index (κ2) is 8.55. The number of esters is 1. The molecular formula is C20H17FN2O3S. The first-order chi connectivity index (χ1) is 13.0. The van der Waals surface area contributed by atoms with Crippen molar-refractivity contribution in [2.24, 2.45) is 0 Å². The number of hydrogen-bond acceptors (Lipinski definition) is 5. The SMILES string of the molecule is C[C@@H](OC(=O)c1csc(-c2ccc(F)cc2)n1)C(=O)NCc1ccccc1. The van der Waals surface area contributed by atoms with Gasteiger partial charge in [0.05, 0.1) is 0 Å². The zero-order chi connectivity index (χ0) is 19.2. The molecule has 1 N–H and O–H groups in total. The highest BCUT2D eigenvalue weighted by Crippen LogP contribution is 2.24. The molecule has 0 aliphatic carbocycles. The Morgan fingerprint density at radius 3 is 2.56 bits per heavy atom. The molecule has 0 aliphatic rings. The zero-order valence-corrected chi connectivity index (χ0v) is 15.3. The molecule has 0 aliphatic heterocycles. The second-order valence-electron chi connectivity index (χ2n) is 5.80. The molecule has 2 aromatic carbocycles. The normalized spacial score (nSPS) is 11.6. The lowest BCUT2D eigenvalue weighted by atomic mass is 10.2. The van der Waals surface area contributed by atoms with Gasteiger partial charge in [-0.25, -0.2) is 14.2 Å². The van der Waals surface area contributed by atoms with E-state index in [4.69, 9.17) is 4.74 Å². The highest BCUT2D eigenvalue weighted by molar-refractivity contribution is 7.13. The lowest BCUT2D eigenvalue weighted by Crippen LogP contribution is -2.35. The first-order valence-corrected chi connectivity index (χ1v) is 9.15. The van der Waals surface area contributed by atoms with Gasteiger partial charge in [0.25, 0.3) is 5.91 Å². The second-order valence-corrected chi connectivity index (χ2v) is 6.65. The standard InChI is InChI=1S/C20H17FN2O3S/c1-13(18(24)22-11-14-5-3-2-4-6-14)26-20(25)17-12-27-19(23-17)15-7-9-16(21)10-8-15/h2-10,12-13H,11H2,1H3,(H,22,24)/t13-/m1/s1. The summed E-state index contributed by atoms with van der Waals surface area (Å²) in [5.41, 5.74) is 1.77. The van der Waals surface area contributed by atoms with E-state index in [0.717, 1.165) is 5.56 Å². The van der Waals surface area contributed by atoms with Crippen LogP contribution in [0.4, 0.5) is 4.39 Å². The van der Waals surface area contributed by atoms with Gasteiger partial charge in [-0.15, -0.1) is 11.3 Å². The fourth-order valence-corrected chi connectivity index (χ4v) is 3.09. The molecule has 0 saturated heterocycles. The average molecular weight is 384 g/mol. The Labute approximate surface area is 159 Å². The molecule has 0 bridgehead atoms. The number of nitrogens with one attached hydrogen (secondary N) is 1. The summed E-state index contributed by atoms with van der Waals surface area (Å²) in [4.78, 5) is 28.5. The van der Waals surface area contributed by atoms with Crippen molar-refractivity contribution in [3.63, 3.8) is 0 Å². The summed E-state index contributed by atoms with van der Waals surface area (Å²) in [5, 5.41) is 4.85. The van der Waals surface area contributed by atoms with Crippen molar-refractivity contribution >= 4 is 23.2 Å². The minimum atomic E-state index is -0.947. The lowest BCUT2D eigenvalue weighted by molar-refractivity contribution is -0.129. The molecular weight excluding hydrogens is 367 g/mol. The smallest absolute Gasteiger partial charge is 0.358 e. The van der Waals surface area contributed by atoms with Crippen LogP contribution in [0.3, 0.4) is 0 Å². The van der Waals surface area contributed by atoms with Crippen molar-refractivity contribution in [2.45, 2.75) is 19.6 Å². The Kier molecular flexibility index (Phi) is 5.93. The van der Waals surface area contributed by atoms with Gasteiger partial charge >= 0.3 is 5.97 Å². The number of halogens is 1. The van der Waals surface area contributed by atoms with E-state index in [0.29, 0.717) is 17.1 Å². The number of carbonyl (C=O) groups is 2. The number of rotatable bonds is 6. The van der Waals surface area contributed by atoms with E-state index in [-0.39, 0.29) is 17.4 Å². The predicted octanol–water partition coefficient (Wildman–Crippen LogP) is 3.81. The van der Waals surface area contributed by atoms with Crippen molar-refractivity contribution in [1.29, 1.82) is 0 Å². The van der Waals surface area contributed by atoms with Crippen LogP contribution in [0, 0.1) is 5.82 Å². The Morgan fingerprint density at radius 1 is 1.15 bits per heavy atom. The monoisotopic (exact) mass is 384 g/mol. The summed E-state index contributed by atoms with van der Waals surface area (Å²) < 4.78 is 18.2. The number of carbonyl (C=O) groups excluding carboxylic acids is 2. The van der Waals surface area contributed by atoms with Gasteiger partial charge in [0.15, 0.2) is 11.8 Å². The molecule has 0 spiro atoms. The number of nitrogens with zero attached hydrogens (tertiary/aromatic N) is 1. The molecule has 3 rings (SSSR count). The quantitative estimate of drug-likeness (QED) is 0.656. The van der Waals surface area contributed by atoms with Crippen molar-refractivity contribution in [1.82, 2.24) is 10.3 Å². The number of benzene rings is 2. The summed E-state index contributed by atoms with van der Waals surface area (Å²) in [6.45, 7) is 1.86. The van der Waals surface area contributed by atoms with Gasteiger partial charge in [-0.1, -0.05) is 30.3 Å². The maximum atomic E-state index is 13.0. The molecule has 5 nitrogen and oxygen atoms in total. The van der Waals surface area contributed by atoms with Crippen LogP contribution in [0.15, 0.2) is 60.0 Å². The molecule has 7 heteroatoms. The Morgan fingerprint density at radius 2 is 1.85 bits per heavy atom. The number of thiazole rings is 1. The van der Waals surface area contributed by atoms with Gasteiger partial charge in [-0.3, -0.25) is 4.79 Å². The molecule has 0 saturated carbocycles. The average Bonchev–Trinajstić information content (AvgIpc) is 3.17. The summed E-state index contributed by atoms with van der Waals surface area (Å²) in [6.07, 6.45) is -0.947. The number of ether oxygens (including phenoxy) is 1. The van der Waals surface area contributed by atoms with Crippen LogP contribution < -0.4 is 5.32 Å². The van der Waals surface area contributed by atoms with Crippen LogP contribution in [0.1, 0.15) is 23.0 Å². The fourth-order valence-electron chi connectivity index (χ4n) is 2.30. The fraction of sp³-hybridized carbons (Fsp3) is 0.150. The highest BCUT2D eigenvalue weighted by atomic mass is 32.1. The molecule has 3 aromatic rings. The van der Waals surface area contributed by atoms with E-state index in [2.05, 4.69) is 10.3 Å². The van der Waals surface area contributed by atoms with Crippen LogP contribution in [0.5, 0.6) is 0 Å². The molecule has 1 aromatic heterocycles. The Hall–Kier alpha value is -3.06. The summed E-state index contributed by atoms with van der Waals surface area (Å²) >= 11 is 1.24. The van der Waals surface area contributed by atoms with Crippen LogP contribution in [0.25, 0.3) is 10.6 Å². The number of amides is 1. The molecule has 1 heterocycles. The molecule has 0 fully saturated rings. The van der Waals surface area contributed by atoms with Gasteiger partial charge in [-0.05, 0) is 36.8 Å². The maximum absolute atomic E-state index is 13.0. The first-order valence-electron chi connectivity index (χ1n) is 8.27. The first kappa shape index (κ1) is 18.7. The molecule has 138 valence electrons. The van der Waals surface area contributed by atoms with Crippen LogP contribution in [0.2, 0.25) is 0 Å². The third-order valence-corrected chi connectivity index (χ3v) is 4.66. The van der Waals surface area contributed by atoms with E-state index in [1.807, 2.05) is 30.3 Å². The van der Waals surface area contributed by atoms with Gasteiger partial charge < -0.3 is 10.1 Å². The van der Waals surface area contributed by atoms with Gasteiger partial charge in [0, 0.05) is 17.5 Å². The van der Waals surface area contributed by atoms with Gasteiger partial charge in [0.2, 0.25) is 0 Å². The van der Waals surface area contributed by atoms with E-state index in [1.165, 1.54) is 30.4 Å². The van der Waals surface area contributed by atoms with Crippen LogP contribution in [-0.2, 0) is 16.1 Å². The molecule has 1 atom stereocenters. The topological polar surface area (TPSA) is 68.3 Å². The summed E-state index contributed by atoms with van der Waals surface area (Å²) in [6, 6.07) is 15.3. The largest absolute Gasteiger partial charge is 0.448 e. The van der Waals surface area contributed by atoms with Gasteiger partial charge in [-0.2, -0.15) is 0 Å². The third kappa shape index (κ3) is 4.98. The maximum Gasteiger partial charge on any atom is 0.358 e. The van der Waals surface area contributed by atoms with Crippen molar-refractivity contribution in [2.75, 3.05) is 0 Å². The van der Waals surface area contributed by atoms with Crippen molar-refractivity contribution in [3.05, 3.63) is 77.1 Å². The van der Waals surface area contributed by atoms with E-state index in [9.17, 15) is 14.0 Å². The summed E-state index contributed by atoms with van der Waals surface area (Å²) in [7, 11) is 0. The number of aromatic nitrogens is 1. The minimum absolute atomic E-state index is 0.113. The van der Waals surface area contributed by atoms with Crippen molar-refractivity contribution in [3.8, 4) is 10.6 Å². The Bertz CT molecular complexity index is 926. The zero-order valence-electron chi connectivity index (χ0n) is 14.5. The lowest BCUT2D eigenvalue weighted by Gasteiger charge is -2.12. The minimum Gasteiger partial charge on any atom is -0.448 e. The third-order valence-electron chi connectivity index (χ3n) is 3.77. The van der Waals surface area contributed by atoms with E-state index < -0.39 is 12.1 Å². The molecule has 27 heavy (non-hydrogen) atoms. The van der Waals surface area contributed by atoms with Gasteiger partial charge in [0.1, 0.15) is 10.8 Å². The van der Waals surface area contributed by atoms with Crippen LogP contribution in [-0.4, -0.2) is 23.0 Å².